The first-order valence-corrected chi connectivity index (χ1v) is 6.04. The summed E-state index contributed by atoms with van der Waals surface area (Å²) >= 11 is 0. The number of rotatable bonds is 2. The van der Waals surface area contributed by atoms with Crippen molar-refractivity contribution in [3.05, 3.63) is 0 Å². The van der Waals surface area contributed by atoms with Crippen LogP contribution in [0, 0.1) is 23.2 Å². The minimum Gasteiger partial charge on any atom is -0.299 e. The van der Waals surface area contributed by atoms with Crippen LogP contribution in [0.4, 0.5) is 0 Å². The van der Waals surface area contributed by atoms with E-state index in [9.17, 15) is 4.79 Å². The summed E-state index contributed by atoms with van der Waals surface area (Å²) in [4.78, 5) is 12.1. The van der Waals surface area contributed by atoms with Gasteiger partial charge in [0.05, 0.1) is 0 Å². The molecule has 0 radical (unpaired) electrons. The van der Waals surface area contributed by atoms with Crippen LogP contribution in [0.1, 0.15) is 52.9 Å². The van der Waals surface area contributed by atoms with Crippen LogP contribution in [0.5, 0.6) is 0 Å². The Bertz CT molecular complexity index is 234. The summed E-state index contributed by atoms with van der Waals surface area (Å²) in [6.45, 7) is 6.75. The maximum Gasteiger partial charge on any atom is 0.139 e. The summed E-state index contributed by atoms with van der Waals surface area (Å²) in [5, 5.41) is 0. The molecule has 0 aromatic rings. The molecule has 0 aromatic carbocycles. The van der Waals surface area contributed by atoms with Crippen LogP contribution in [-0.4, -0.2) is 5.78 Å². The van der Waals surface area contributed by atoms with Gasteiger partial charge in [0.2, 0.25) is 0 Å². The SMILES string of the molecule is CC1CCC(C(=O)C2CC2(C)C)CC1. The van der Waals surface area contributed by atoms with E-state index in [0.29, 0.717) is 23.0 Å². The quantitative estimate of drug-likeness (QED) is 0.658. The molecule has 1 unspecified atom stereocenters. The van der Waals surface area contributed by atoms with E-state index in [1.54, 1.807) is 0 Å². The molecule has 2 saturated carbocycles. The van der Waals surface area contributed by atoms with Gasteiger partial charge in [-0.15, -0.1) is 0 Å². The predicted octanol–water partition coefficient (Wildman–Crippen LogP) is 3.43. The van der Waals surface area contributed by atoms with E-state index < -0.39 is 0 Å². The Kier molecular flexibility index (Phi) is 2.45. The lowest BCUT2D eigenvalue weighted by Gasteiger charge is -2.25. The van der Waals surface area contributed by atoms with Crippen LogP contribution in [0.25, 0.3) is 0 Å². The van der Waals surface area contributed by atoms with E-state index in [-0.39, 0.29) is 0 Å². The third-order valence-corrected chi connectivity index (χ3v) is 4.28. The zero-order chi connectivity index (χ0) is 10.3. The lowest BCUT2D eigenvalue weighted by Crippen LogP contribution is -2.23. The van der Waals surface area contributed by atoms with Crippen molar-refractivity contribution in [2.24, 2.45) is 23.2 Å². The van der Waals surface area contributed by atoms with Gasteiger partial charge in [-0.3, -0.25) is 4.79 Å². The zero-order valence-corrected chi connectivity index (χ0v) is 9.68. The minimum absolute atomic E-state index is 0.333. The van der Waals surface area contributed by atoms with E-state index in [1.165, 1.54) is 12.8 Å². The smallest absolute Gasteiger partial charge is 0.139 e. The Morgan fingerprint density at radius 2 is 1.64 bits per heavy atom. The molecule has 0 bridgehead atoms. The average Bonchev–Trinajstić information content (AvgIpc) is 2.75. The highest BCUT2D eigenvalue weighted by Crippen LogP contribution is 2.54. The van der Waals surface area contributed by atoms with Crippen LogP contribution in [0.2, 0.25) is 0 Å². The van der Waals surface area contributed by atoms with Gasteiger partial charge in [-0.05, 0) is 30.6 Å². The second kappa shape index (κ2) is 3.36. The van der Waals surface area contributed by atoms with Gasteiger partial charge in [-0.2, -0.15) is 0 Å². The van der Waals surface area contributed by atoms with Crippen molar-refractivity contribution in [1.82, 2.24) is 0 Å². The van der Waals surface area contributed by atoms with Crippen molar-refractivity contribution in [1.29, 1.82) is 0 Å². The molecule has 0 amide bonds. The minimum atomic E-state index is 0.333. The molecule has 2 aliphatic carbocycles. The van der Waals surface area contributed by atoms with Gasteiger partial charge in [-0.25, -0.2) is 0 Å². The van der Waals surface area contributed by atoms with Gasteiger partial charge in [0, 0.05) is 11.8 Å². The first-order chi connectivity index (χ1) is 6.50. The molecular formula is C13H22O. The van der Waals surface area contributed by atoms with E-state index in [0.717, 1.165) is 25.2 Å². The Morgan fingerprint density at radius 3 is 2.07 bits per heavy atom. The molecule has 0 spiro atoms. The van der Waals surface area contributed by atoms with Gasteiger partial charge in [0.25, 0.3) is 0 Å². The number of ketones is 1. The highest BCUT2D eigenvalue weighted by atomic mass is 16.1. The van der Waals surface area contributed by atoms with E-state index in [4.69, 9.17) is 0 Å². The summed E-state index contributed by atoms with van der Waals surface area (Å²) < 4.78 is 0. The number of hydrogen-bond donors (Lipinski definition) is 0. The Morgan fingerprint density at radius 1 is 1.14 bits per heavy atom. The molecule has 2 rings (SSSR count). The van der Waals surface area contributed by atoms with Crippen LogP contribution < -0.4 is 0 Å². The predicted molar refractivity (Wildman–Crippen MR) is 58.0 cm³/mol. The van der Waals surface area contributed by atoms with Crippen molar-refractivity contribution in [3.63, 3.8) is 0 Å². The van der Waals surface area contributed by atoms with Gasteiger partial charge in [0.1, 0.15) is 5.78 Å². The highest BCUT2D eigenvalue weighted by molar-refractivity contribution is 5.86. The van der Waals surface area contributed by atoms with Gasteiger partial charge in [0.15, 0.2) is 0 Å². The first-order valence-electron chi connectivity index (χ1n) is 6.04. The molecule has 1 nitrogen and oxygen atoms in total. The Balaban J connectivity index is 1.88. The van der Waals surface area contributed by atoms with Crippen LogP contribution in [0.15, 0.2) is 0 Å². The second-order valence-electron chi connectivity index (χ2n) is 6.10. The van der Waals surface area contributed by atoms with Crippen molar-refractivity contribution < 1.29 is 4.79 Å². The summed E-state index contributed by atoms with van der Waals surface area (Å²) in [7, 11) is 0. The highest BCUT2D eigenvalue weighted by Gasteiger charge is 2.51. The summed E-state index contributed by atoms with van der Waals surface area (Å²) in [5.41, 5.74) is 0.333. The number of carbonyl (C=O) groups is 1. The Labute approximate surface area is 87.3 Å². The second-order valence-corrected chi connectivity index (χ2v) is 6.10. The molecular weight excluding hydrogens is 172 g/mol. The van der Waals surface area contributed by atoms with Gasteiger partial charge < -0.3 is 0 Å². The molecule has 14 heavy (non-hydrogen) atoms. The third-order valence-electron chi connectivity index (χ3n) is 4.28. The van der Waals surface area contributed by atoms with Crippen LogP contribution >= 0.6 is 0 Å². The van der Waals surface area contributed by atoms with Crippen LogP contribution in [0.3, 0.4) is 0 Å². The largest absolute Gasteiger partial charge is 0.299 e. The van der Waals surface area contributed by atoms with Gasteiger partial charge in [-0.1, -0.05) is 33.6 Å². The third kappa shape index (κ3) is 1.87. The zero-order valence-electron chi connectivity index (χ0n) is 9.68. The molecule has 2 fully saturated rings. The van der Waals surface area contributed by atoms with Crippen molar-refractivity contribution in [2.45, 2.75) is 52.9 Å². The molecule has 2 aliphatic rings. The first kappa shape index (κ1) is 10.2. The molecule has 0 heterocycles. The van der Waals surface area contributed by atoms with Crippen molar-refractivity contribution >= 4 is 5.78 Å². The molecule has 0 N–H and O–H groups in total. The normalized spacial score (nSPS) is 40.6. The number of carbonyl (C=O) groups excluding carboxylic acids is 1. The summed E-state index contributed by atoms with van der Waals surface area (Å²) in [5.74, 6) is 2.26. The molecule has 1 heteroatoms. The maximum atomic E-state index is 12.1. The fourth-order valence-corrected chi connectivity index (χ4v) is 2.78. The monoisotopic (exact) mass is 194 g/mol. The van der Waals surface area contributed by atoms with Crippen molar-refractivity contribution in [3.8, 4) is 0 Å². The molecule has 1 atom stereocenters. The van der Waals surface area contributed by atoms with E-state index in [1.807, 2.05) is 0 Å². The fourth-order valence-electron chi connectivity index (χ4n) is 2.78. The van der Waals surface area contributed by atoms with Crippen molar-refractivity contribution in [2.75, 3.05) is 0 Å². The summed E-state index contributed by atoms with van der Waals surface area (Å²) in [6.07, 6.45) is 5.99. The topological polar surface area (TPSA) is 17.1 Å². The fraction of sp³-hybridized carbons (Fsp3) is 0.923. The summed E-state index contributed by atoms with van der Waals surface area (Å²) in [6, 6.07) is 0. The number of hydrogen-bond acceptors (Lipinski definition) is 1. The van der Waals surface area contributed by atoms with E-state index >= 15 is 0 Å². The molecule has 0 aliphatic heterocycles. The maximum absolute atomic E-state index is 12.1. The van der Waals surface area contributed by atoms with Gasteiger partial charge >= 0.3 is 0 Å². The average molecular weight is 194 g/mol. The Hall–Kier alpha value is -0.330. The molecule has 0 saturated heterocycles. The van der Waals surface area contributed by atoms with Crippen LogP contribution in [-0.2, 0) is 4.79 Å². The lowest BCUT2D eigenvalue weighted by atomic mass is 9.79. The van der Waals surface area contributed by atoms with E-state index in [2.05, 4.69) is 20.8 Å². The molecule has 80 valence electrons. The lowest BCUT2D eigenvalue weighted by molar-refractivity contribution is -0.125. The molecule has 0 aromatic heterocycles. The number of Topliss-reactive ketones (excluding diaryl/α,β-unsaturated/α-hetero) is 1. The standard InChI is InChI=1S/C13H22O/c1-9-4-6-10(7-5-9)12(14)11-8-13(11,2)3/h9-11H,4-8H2,1-3H3.